The Hall–Kier alpha value is -2.43. The monoisotopic (exact) mass is 246 g/mol. The summed E-state index contributed by atoms with van der Waals surface area (Å²) in [5, 5.41) is 8.61. The van der Waals surface area contributed by atoms with Crippen molar-refractivity contribution in [3.8, 4) is 5.69 Å². The van der Waals surface area contributed by atoms with Gasteiger partial charge in [0.1, 0.15) is 11.6 Å². The molecule has 1 N–H and O–H groups in total. The summed E-state index contributed by atoms with van der Waals surface area (Å²) in [7, 11) is 0. The van der Waals surface area contributed by atoms with Gasteiger partial charge in [-0.2, -0.15) is 0 Å². The molecule has 1 aromatic heterocycles. The SMILES string of the molecule is Cc1nccn1-c1cccc(F)c1/C=C/C(=O)O. The Morgan fingerprint density at radius 3 is 2.89 bits per heavy atom. The highest BCUT2D eigenvalue weighted by molar-refractivity contribution is 5.86. The predicted octanol–water partition coefficient (Wildman–Crippen LogP) is 2.42. The van der Waals surface area contributed by atoms with E-state index in [0.717, 1.165) is 6.08 Å². The molecule has 0 spiro atoms. The first kappa shape index (κ1) is 12.0. The molecular weight excluding hydrogens is 235 g/mol. The van der Waals surface area contributed by atoms with E-state index in [4.69, 9.17) is 5.11 Å². The summed E-state index contributed by atoms with van der Waals surface area (Å²) in [5.41, 5.74) is 0.781. The summed E-state index contributed by atoms with van der Waals surface area (Å²) in [4.78, 5) is 14.6. The zero-order chi connectivity index (χ0) is 13.1. The second-order valence-electron chi connectivity index (χ2n) is 3.69. The second kappa shape index (κ2) is 4.83. The van der Waals surface area contributed by atoms with E-state index in [2.05, 4.69) is 4.98 Å². The number of imidazole rings is 1. The Morgan fingerprint density at radius 1 is 1.50 bits per heavy atom. The summed E-state index contributed by atoms with van der Waals surface area (Å²) in [5.74, 6) is -0.893. The standard InChI is InChI=1S/C13H11FN2O2/c1-9-15-7-8-16(9)12-4-2-3-11(14)10(12)5-6-13(17)18/h2-8H,1H3,(H,17,18)/b6-5+. The van der Waals surface area contributed by atoms with Gasteiger partial charge in [0, 0.05) is 24.0 Å². The Morgan fingerprint density at radius 2 is 2.28 bits per heavy atom. The van der Waals surface area contributed by atoms with Gasteiger partial charge in [0.15, 0.2) is 0 Å². The summed E-state index contributed by atoms with van der Waals surface area (Å²) < 4.78 is 15.4. The van der Waals surface area contributed by atoms with Gasteiger partial charge >= 0.3 is 5.97 Å². The molecule has 2 aromatic rings. The molecule has 0 bridgehead atoms. The zero-order valence-corrected chi connectivity index (χ0v) is 9.67. The van der Waals surface area contributed by atoms with Gasteiger partial charge in [-0.25, -0.2) is 14.2 Å². The summed E-state index contributed by atoms with van der Waals surface area (Å²) >= 11 is 0. The molecule has 0 radical (unpaired) electrons. The smallest absolute Gasteiger partial charge is 0.328 e. The van der Waals surface area contributed by atoms with Crippen LogP contribution in [0.1, 0.15) is 11.4 Å². The molecule has 1 heterocycles. The van der Waals surface area contributed by atoms with Crippen LogP contribution in [0.4, 0.5) is 4.39 Å². The van der Waals surface area contributed by atoms with Crippen LogP contribution in [0.25, 0.3) is 11.8 Å². The van der Waals surface area contributed by atoms with Crippen molar-refractivity contribution in [1.29, 1.82) is 0 Å². The quantitative estimate of drug-likeness (QED) is 0.846. The first-order valence-electron chi connectivity index (χ1n) is 5.29. The van der Waals surface area contributed by atoms with Gasteiger partial charge in [0.05, 0.1) is 5.69 Å². The van der Waals surface area contributed by atoms with Crippen LogP contribution in [-0.2, 0) is 4.79 Å². The number of rotatable bonds is 3. The number of aryl methyl sites for hydroxylation is 1. The fourth-order valence-corrected chi connectivity index (χ4v) is 1.69. The summed E-state index contributed by atoms with van der Waals surface area (Å²) in [6.07, 6.45) is 5.45. The van der Waals surface area contributed by atoms with E-state index < -0.39 is 11.8 Å². The molecule has 0 atom stereocenters. The number of hydrogen-bond acceptors (Lipinski definition) is 2. The number of carbonyl (C=O) groups is 1. The van der Waals surface area contributed by atoms with Crippen molar-refractivity contribution in [3.63, 3.8) is 0 Å². The minimum absolute atomic E-state index is 0.223. The van der Waals surface area contributed by atoms with Gasteiger partial charge in [-0.05, 0) is 25.1 Å². The van der Waals surface area contributed by atoms with Crippen molar-refractivity contribution in [2.45, 2.75) is 6.92 Å². The molecule has 0 aliphatic heterocycles. The number of carboxylic acid groups (broad SMARTS) is 1. The van der Waals surface area contributed by atoms with Crippen molar-refractivity contribution >= 4 is 12.0 Å². The van der Waals surface area contributed by atoms with Crippen LogP contribution in [0.5, 0.6) is 0 Å². The molecule has 1 aromatic carbocycles. The highest BCUT2D eigenvalue weighted by atomic mass is 19.1. The third-order valence-corrected chi connectivity index (χ3v) is 2.51. The van der Waals surface area contributed by atoms with Gasteiger partial charge in [-0.3, -0.25) is 0 Å². The Kier molecular flexibility index (Phi) is 3.23. The maximum absolute atomic E-state index is 13.7. The highest BCUT2D eigenvalue weighted by Gasteiger charge is 2.09. The largest absolute Gasteiger partial charge is 0.478 e. The number of aromatic nitrogens is 2. The van der Waals surface area contributed by atoms with E-state index in [1.807, 2.05) is 0 Å². The van der Waals surface area contributed by atoms with E-state index >= 15 is 0 Å². The van der Waals surface area contributed by atoms with Crippen molar-refractivity contribution in [1.82, 2.24) is 9.55 Å². The van der Waals surface area contributed by atoms with Gasteiger partial charge in [-0.15, -0.1) is 0 Å². The van der Waals surface area contributed by atoms with E-state index in [0.29, 0.717) is 11.5 Å². The summed E-state index contributed by atoms with van der Waals surface area (Å²) in [6.45, 7) is 1.79. The molecule has 0 aliphatic rings. The first-order valence-corrected chi connectivity index (χ1v) is 5.29. The fraction of sp³-hybridized carbons (Fsp3) is 0.0769. The van der Waals surface area contributed by atoms with Gasteiger partial charge in [0.25, 0.3) is 0 Å². The molecule has 92 valence electrons. The van der Waals surface area contributed by atoms with Crippen molar-refractivity contribution < 1.29 is 14.3 Å². The minimum atomic E-state index is -1.12. The zero-order valence-electron chi connectivity index (χ0n) is 9.67. The Balaban J connectivity index is 2.58. The average molecular weight is 246 g/mol. The lowest BCUT2D eigenvalue weighted by atomic mass is 10.1. The van der Waals surface area contributed by atoms with Crippen molar-refractivity contribution in [3.05, 3.63) is 53.9 Å². The molecule has 0 saturated heterocycles. The van der Waals surface area contributed by atoms with Crippen molar-refractivity contribution in [2.75, 3.05) is 0 Å². The lowest BCUT2D eigenvalue weighted by Gasteiger charge is -2.09. The van der Waals surface area contributed by atoms with Gasteiger partial charge in [-0.1, -0.05) is 6.07 Å². The van der Waals surface area contributed by atoms with E-state index in [9.17, 15) is 9.18 Å². The van der Waals surface area contributed by atoms with Crippen LogP contribution in [0.2, 0.25) is 0 Å². The summed E-state index contributed by atoms with van der Waals surface area (Å²) in [6, 6.07) is 4.57. The average Bonchev–Trinajstić information content (AvgIpc) is 2.73. The maximum Gasteiger partial charge on any atom is 0.328 e. The van der Waals surface area contributed by atoms with Crippen molar-refractivity contribution in [2.24, 2.45) is 0 Å². The number of carboxylic acids is 1. The fourth-order valence-electron chi connectivity index (χ4n) is 1.69. The first-order chi connectivity index (χ1) is 8.59. The topological polar surface area (TPSA) is 55.1 Å². The molecule has 4 nitrogen and oxygen atoms in total. The number of hydrogen-bond donors (Lipinski definition) is 1. The van der Waals surface area contributed by atoms with E-state index in [1.54, 1.807) is 36.0 Å². The second-order valence-corrected chi connectivity index (χ2v) is 3.69. The van der Waals surface area contributed by atoms with E-state index in [1.165, 1.54) is 12.1 Å². The van der Waals surface area contributed by atoms with Crippen LogP contribution in [0, 0.1) is 12.7 Å². The third kappa shape index (κ3) is 2.29. The normalized spacial score (nSPS) is 11.0. The Labute approximate surface area is 103 Å². The van der Waals surface area contributed by atoms with Crippen LogP contribution >= 0.6 is 0 Å². The number of benzene rings is 1. The van der Waals surface area contributed by atoms with Gasteiger partial charge < -0.3 is 9.67 Å². The Bertz CT molecular complexity index is 617. The van der Waals surface area contributed by atoms with Gasteiger partial charge in [0.2, 0.25) is 0 Å². The lowest BCUT2D eigenvalue weighted by molar-refractivity contribution is -0.131. The van der Waals surface area contributed by atoms with Crippen LogP contribution in [-0.4, -0.2) is 20.6 Å². The number of aliphatic carboxylic acids is 1. The molecule has 18 heavy (non-hydrogen) atoms. The number of halogens is 1. The van der Waals surface area contributed by atoms with E-state index in [-0.39, 0.29) is 5.56 Å². The third-order valence-electron chi connectivity index (χ3n) is 2.51. The maximum atomic E-state index is 13.7. The molecule has 2 rings (SSSR count). The minimum Gasteiger partial charge on any atom is -0.478 e. The molecule has 0 unspecified atom stereocenters. The molecule has 0 saturated carbocycles. The molecule has 0 aliphatic carbocycles. The molecule has 0 fully saturated rings. The lowest BCUT2D eigenvalue weighted by Crippen LogP contribution is -2.00. The molecular formula is C13H11FN2O2. The van der Waals surface area contributed by atoms with Crippen LogP contribution in [0.3, 0.4) is 0 Å². The van der Waals surface area contributed by atoms with Crippen LogP contribution < -0.4 is 0 Å². The highest BCUT2D eigenvalue weighted by Crippen LogP contribution is 2.20. The molecule has 5 heteroatoms. The molecule has 0 amide bonds. The number of nitrogens with zero attached hydrogens (tertiary/aromatic N) is 2. The predicted molar refractivity (Wildman–Crippen MR) is 64.9 cm³/mol. The van der Waals surface area contributed by atoms with Crippen LogP contribution in [0.15, 0.2) is 36.7 Å².